The third kappa shape index (κ3) is 6.44. The van der Waals surface area contributed by atoms with Crippen molar-refractivity contribution in [2.75, 3.05) is 13.2 Å². The summed E-state index contributed by atoms with van der Waals surface area (Å²) in [5.41, 5.74) is 0. The fourth-order valence-electron chi connectivity index (χ4n) is 1.48. The van der Waals surface area contributed by atoms with Crippen LogP contribution in [0.2, 0.25) is 0 Å². The first-order valence-electron chi connectivity index (χ1n) is 6.47. The van der Waals surface area contributed by atoms with Crippen LogP contribution in [0.15, 0.2) is 10.6 Å². The molecule has 1 heterocycles. The Labute approximate surface area is 104 Å². The average molecular weight is 240 g/mol. The minimum Gasteiger partial charge on any atom is -0.443 e. The lowest BCUT2D eigenvalue weighted by atomic mass is 10.3. The van der Waals surface area contributed by atoms with Gasteiger partial charge in [0.1, 0.15) is 12.4 Å². The zero-order valence-electron chi connectivity index (χ0n) is 11.2. The van der Waals surface area contributed by atoms with Gasteiger partial charge in [0.2, 0.25) is 0 Å². The Hall–Kier alpha value is -0.870. The minimum absolute atomic E-state index is 0.533. The van der Waals surface area contributed by atoms with Crippen molar-refractivity contribution in [1.82, 2.24) is 10.3 Å². The number of rotatable bonds is 9. The fraction of sp³-hybridized carbons (Fsp3) is 0.769. The Morgan fingerprint density at radius 2 is 2.29 bits per heavy atom. The smallest absolute Gasteiger partial charge is 0.194 e. The van der Waals surface area contributed by atoms with Gasteiger partial charge in [-0.3, -0.25) is 0 Å². The van der Waals surface area contributed by atoms with Crippen molar-refractivity contribution < 1.29 is 9.15 Å². The quantitative estimate of drug-likeness (QED) is 0.674. The molecule has 0 amide bonds. The van der Waals surface area contributed by atoms with Gasteiger partial charge >= 0.3 is 0 Å². The second kappa shape index (κ2) is 8.25. The van der Waals surface area contributed by atoms with Crippen LogP contribution in [-0.4, -0.2) is 24.2 Å². The summed E-state index contributed by atoms with van der Waals surface area (Å²) in [4.78, 5) is 4.24. The summed E-state index contributed by atoms with van der Waals surface area (Å²) in [5.74, 6) is 1.64. The van der Waals surface area contributed by atoms with Gasteiger partial charge in [-0.25, -0.2) is 4.98 Å². The molecule has 0 aromatic carbocycles. The first kappa shape index (κ1) is 14.2. The van der Waals surface area contributed by atoms with Crippen LogP contribution in [0.1, 0.15) is 45.3 Å². The van der Waals surface area contributed by atoms with E-state index in [1.165, 1.54) is 0 Å². The van der Waals surface area contributed by atoms with Crippen LogP contribution in [0, 0.1) is 0 Å². The normalized spacial score (nSPS) is 11.3. The molecule has 0 aliphatic rings. The number of hydrogen-bond acceptors (Lipinski definition) is 4. The summed E-state index contributed by atoms with van der Waals surface area (Å²) in [7, 11) is 0. The van der Waals surface area contributed by atoms with E-state index in [-0.39, 0.29) is 0 Å². The third-order valence-electron chi connectivity index (χ3n) is 2.31. The van der Waals surface area contributed by atoms with E-state index >= 15 is 0 Å². The average Bonchev–Trinajstić information content (AvgIpc) is 2.73. The summed E-state index contributed by atoms with van der Waals surface area (Å²) >= 11 is 0. The highest BCUT2D eigenvalue weighted by atomic mass is 16.5. The zero-order valence-corrected chi connectivity index (χ0v) is 11.2. The molecule has 1 rings (SSSR count). The van der Waals surface area contributed by atoms with Crippen LogP contribution in [0.5, 0.6) is 0 Å². The summed E-state index contributed by atoms with van der Waals surface area (Å²) in [5, 5.41) is 3.37. The molecule has 0 spiro atoms. The van der Waals surface area contributed by atoms with Crippen LogP contribution in [0.4, 0.5) is 0 Å². The van der Waals surface area contributed by atoms with E-state index in [0.717, 1.165) is 44.1 Å². The van der Waals surface area contributed by atoms with Gasteiger partial charge in [0.25, 0.3) is 0 Å². The molecule has 4 heteroatoms. The van der Waals surface area contributed by atoms with E-state index in [1.54, 1.807) is 6.20 Å². The summed E-state index contributed by atoms with van der Waals surface area (Å²) in [6, 6.07) is 0.539. The SMILES string of the molecule is CCCOCc1cnc(CCCNC(C)C)o1. The molecule has 0 atom stereocenters. The van der Waals surface area contributed by atoms with Gasteiger partial charge in [0, 0.05) is 19.1 Å². The molecule has 0 aliphatic carbocycles. The second-order valence-electron chi connectivity index (χ2n) is 4.49. The highest BCUT2D eigenvalue weighted by molar-refractivity contribution is 4.92. The fourth-order valence-corrected chi connectivity index (χ4v) is 1.48. The maximum atomic E-state index is 5.57. The lowest BCUT2D eigenvalue weighted by Crippen LogP contribution is -2.23. The molecule has 0 fully saturated rings. The van der Waals surface area contributed by atoms with Crippen molar-refractivity contribution in [1.29, 1.82) is 0 Å². The first-order valence-corrected chi connectivity index (χ1v) is 6.47. The highest BCUT2D eigenvalue weighted by Gasteiger charge is 2.03. The molecule has 4 nitrogen and oxygen atoms in total. The molecule has 0 saturated heterocycles. The lowest BCUT2D eigenvalue weighted by Gasteiger charge is -2.05. The number of hydrogen-bond donors (Lipinski definition) is 1. The number of ether oxygens (including phenoxy) is 1. The third-order valence-corrected chi connectivity index (χ3v) is 2.31. The molecule has 1 N–H and O–H groups in total. The number of aromatic nitrogens is 1. The maximum absolute atomic E-state index is 5.57. The summed E-state index contributed by atoms with van der Waals surface area (Å²) < 4.78 is 11.0. The van der Waals surface area contributed by atoms with E-state index in [1.807, 2.05) is 0 Å². The highest BCUT2D eigenvalue weighted by Crippen LogP contribution is 2.07. The zero-order chi connectivity index (χ0) is 12.5. The predicted molar refractivity (Wildman–Crippen MR) is 67.9 cm³/mol. The van der Waals surface area contributed by atoms with Gasteiger partial charge in [-0.05, 0) is 19.4 Å². The summed E-state index contributed by atoms with van der Waals surface area (Å²) in [6.45, 7) is 8.69. The molecule has 1 aromatic heterocycles. The minimum atomic E-state index is 0.533. The Morgan fingerprint density at radius 3 is 3.00 bits per heavy atom. The van der Waals surface area contributed by atoms with E-state index in [2.05, 4.69) is 31.1 Å². The first-order chi connectivity index (χ1) is 8.22. The van der Waals surface area contributed by atoms with E-state index < -0.39 is 0 Å². The molecule has 98 valence electrons. The molecule has 0 radical (unpaired) electrons. The Balaban J connectivity index is 2.16. The van der Waals surface area contributed by atoms with Crippen molar-refractivity contribution in [2.45, 2.75) is 52.7 Å². The van der Waals surface area contributed by atoms with Crippen molar-refractivity contribution in [3.63, 3.8) is 0 Å². The van der Waals surface area contributed by atoms with E-state index in [9.17, 15) is 0 Å². The van der Waals surface area contributed by atoms with E-state index in [4.69, 9.17) is 9.15 Å². The molecule has 0 saturated carbocycles. The Morgan fingerprint density at radius 1 is 1.47 bits per heavy atom. The molecule has 0 aliphatic heterocycles. The standard InChI is InChI=1S/C13H24N2O2/c1-4-8-16-10-12-9-15-13(17-12)6-5-7-14-11(2)3/h9,11,14H,4-8,10H2,1-3H3. The van der Waals surface area contributed by atoms with Crippen molar-refractivity contribution in [3.8, 4) is 0 Å². The van der Waals surface area contributed by atoms with Crippen LogP contribution in [0.3, 0.4) is 0 Å². The van der Waals surface area contributed by atoms with Gasteiger partial charge < -0.3 is 14.5 Å². The predicted octanol–water partition coefficient (Wildman–Crippen LogP) is 2.53. The summed E-state index contributed by atoms with van der Waals surface area (Å²) in [6.07, 6.45) is 4.73. The Kier molecular flexibility index (Phi) is 6.89. The van der Waals surface area contributed by atoms with Crippen LogP contribution < -0.4 is 5.32 Å². The van der Waals surface area contributed by atoms with Gasteiger partial charge in [0.05, 0.1) is 6.20 Å². The van der Waals surface area contributed by atoms with Crippen LogP contribution >= 0.6 is 0 Å². The van der Waals surface area contributed by atoms with Gasteiger partial charge in [-0.1, -0.05) is 20.8 Å². The van der Waals surface area contributed by atoms with Gasteiger partial charge in [-0.15, -0.1) is 0 Å². The number of nitrogens with one attached hydrogen (secondary N) is 1. The van der Waals surface area contributed by atoms with Crippen LogP contribution in [0.25, 0.3) is 0 Å². The molecule has 17 heavy (non-hydrogen) atoms. The molecule has 0 unspecified atom stereocenters. The number of aryl methyl sites for hydroxylation is 1. The molecular formula is C13H24N2O2. The van der Waals surface area contributed by atoms with E-state index in [0.29, 0.717) is 12.6 Å². The second-order valence-corrected chi connectivity index (χ2v) is 4.49. The molecular weight excluding hydrogens is 216 g/mol. The van der Waals surface area contributed by atoms with Crippen molar-refractivity contribution >= 4 is 0 Å². The molecule has 0 bridgehead atoms. The Bertz CT molecular complexity index is 297. The largest absolute Gasteiger partial charge is 0.443 e. The topological polar surface area (TPSA) is 47.3 Å². The van der Waals surface area contributed by atoms with Crippen LogP contribution in [-0.2, 0) is 17.8 Å². The van der Waals surface area contributed by atoms with Gasteiger partial charge in [-0.2, -0.15) is 0 Å². The van der Waals surface area contributed by atoms with Crippen molar-refractivity contribution in [3.05, 3.63) is 17.8 Å². The monoisotopic (exact) mass is 240 g/mol. The van der Waals surface area contributed by atoms with Crippen molar-refractivity contribution in [2.24, 2.45) is 0 Å². The lowest BCUT2D eigenvalue weighted by molar-refractivity contribution is 0.106. The number of oxazole rings is 1. The maximum Gasteiger partial charge on any atom is 0.194 e. The molecule has 1 aromatic rings. The van der Waals surface area contributed by atoms with Gasteiger partial charge in [0.15, 0.2) is 5.89 Å². The number of nitrogens with zero attached hydrogens (tertiary/aromatic N) is 1.